The van der Waals surface area contributed by atoms with E-state index in [4.69, 9.17) is 4.74 Å². The zero-order chi connectivity index (χ0) is 10.6. The number of ether oxygens (including phenoxy) is 1. The Morgan fingerprint density at radius 1 is 1.43 bits per heavy atom. The molecular weight excluding hydrogens is 176 g/mol. The number of Topliss-reactive ketones (excluding diaryl/α,β-unsaturated/α-hetero) is 1. The van der Waals surface area contributed by atoms with Gasteiger partial charge < -0.3 is 4.74 Å². The molecule has 2 nitrogen and oxygen atoms in total. The summed E-state index contributed by atoms with van der Waals surface area (Å²) in [7, 11) is 0. The number of rotatable bonds is 6. The van der Waals surface area contributed by atoms with Crippen molar-refractivity contribution >= 4 is 5.78 Å². The van der Waals surface area contributed by atoms with Crippen LogP contribution >= 0.6 is 0 Å². The van der Waals surface area contributed by atoms with Crippen molar-refractivity contribution < 1.29 is 9.53 Å². The van der Waals surface area contributed by atoms with Crippen LogP contribution < -0.4 is 0 Å². The van der Waals surface area contributed by atoms with E-state index in [1.165, 1.54) is 0 Å². The number of unbranched alkanes of at least 4 members (excludes halogenated alkanes) is 1. The molecule has 0 bridgehead atoms. The second kappa shape index (κ2) is 4.92. The minimum atomic E-state index is -0.386. The van der Waals surface area contributed by atoms with Gasteiger partial charge in [-0.3, -0.25) is 4.79 Å². The van der Waals surface area contributed by atoms with Gasteiger partial charge in [-0.2, -0.15) is 0 Å². The average Bonchev–Trinajstić information content (AvgIpc) is 2.08. The van der Waals surface area contributed by atoms with Gasteiger partial charge in [0.1, 0.15) is 5.60 Å². The Balaban J connectivity index is 2.45. The molecule has 0 atom stereocenters. The standard InChI is InChI=1S/C12H22O2/c1-4-5-9-14-12(7-6-8-12)11(13)10(2)3/h10H,4-9H2,1-3H3. The first kappa shape index (κ1) is 11.7. The number of carbonyl (C=O) groups excluding carboxylic acids is 1. The Morgan fingerprint density at radius 3 is 2.43 bits per heavy atom. The van der Waals surface area contributed by atoms with Crippen molar-refractivity contribution in [3.05, 3.63) is 0 Å². The maximum atomic E-state index is 11.9. The summed E-state index contributed by atoms with van der Waals surface area (Å²) in [5, 5.41) is 0. The molecule has 2 heteroatoms. The first-order valence-corrected chi connectivity index (χ1v) is 5.80. The number of ketones is 1. The molecule has 1 fully saturated rings. The van der Waals surface area contributed by atoms with Crippen LogP contribution in [0.1, 0.15) is 52.9 Å². The fourth-order valence-electron chi connectivity index (χ4n) is 1.90. The van der Waals surface area contributed by atoms with Crippen LogP contribution in [0, 0.1) is 5.92 Å². The lowest BCUT2D eigenvalue weighted by atomic mass is 9.73. The van der Waals surface area contributed by atoms with Gasteiger partial charge in [0.05, 0.1) is 0 Å². The van der Waals surface area contributed by atoms with E-state index in [9.17, 15) is 4.79 Å². The van der Waals surface area contributed by atoms with E-state index in [0.29, 0.717) is 5.78 Å². The van der Waals surface area contributed by atoms with Crippen molar-refractivity contribution in [2.75, 3.05) is 6.61 Å². The third-order valence-electron chi connectivity index (χ3n) is 3.01. The molecule has 0 saturated heterocycles. The van der Waals surface area contributed by atoms with Crippen LogP contribution in [-0.2, 0) is 9.53 Å². The molecule has 1 aliphatic carbocycles. The van der Waals surface area contributed by atoms with Gasteiger partial charge in [0.2, 0.25) is 0 Å². The van der Waals surface area contributed by atoms with Crippen LogP contribution in [0.5, 0.6) is 0 Å². The van der Waals surface area contributed by atoms with Crippen LogP contribution in [-0.4, -0.2) is 18.0 Å². The summed E-state index contributed by atoms with van der Waals surface area (Å²) in [5.74, 6) is 0.414. The Labute approximate surface area is 87.0 Å². The molecule has 82 valence electrons. The first-order chi connectivity index (χ1) is 6.62. The number of hydrogen-bond acceptors (Lipinski definition) is 2. The van der Waals surface area contributed by atoms with Crippen LogP contribution in [0.15, 0.2) is 0 Å². The lowest BCUT2D eigenvalue weighted by Crippen LogP contribution is -2.50. The summed E-state index contributed by atoms with van der Waals surface area (Å²) in [5.41, 5.74) is -0.386. The molecule has 0 amide bonds. The molecule has 1 rings (SSSR count). The van der Waals surface area contributed by atoms with Crippen molar-refractivity contribution in [3.8, 4) is 0 Å². The predicted octanol–water partition coefficient (Wildman–Crippen LogP) is 2.95. The molecule has 0 heterocycles. The van der Waals surface area contributed by atoms with E-state index in [-0.39, 0.29) is 11.5 Å². The van der Waals surface area contributed by atoms with Crippen molar-refractivity contribution in [2.24, 2.45) is 5.92 Å². The van der Waals surface area contributed by atoms with E-state index < -0.39 is 0 Å². The Kier molecular flexibility index (Phi) is 4.11. The fourth-order valence-corrected chi connectivity index (χ4v) is 1.90. The minimum absolute atomic E-state index is 0.108. The molecule has 0 N–H and O–H groups in total. The Morgan fingerprint density at radius 2 is 2.07 bits per heavy atom. The minimum Gasteiger partial charge on any atom is -0.367 e. The van der Waals surface area contributed by atoms with Crippen LogP contribution in [0.2, 0.25) is 0 Å². The van der Waals surface area contributed by atoms with Crippen LogP contribution in [0.3, 0.4) is 0 Å². The molecule has 0 aromatic carbocycles. The Bertz CT molecular complexity index is 192. The fraction of sp³-hybridized carbons (Fsp3) is 0.917. The molecule has 0 radical (unpaired) electrons. The normalized spacial score (nSPS) is 19.4. The highest BCUT2D eigenvalue weighted by Crippen LogP contribution is 2.38. The summed E-state index contributed by atoms with van der Waals surface area (Å²) >= 11 is 0. The maximum absolute atomic E-state index is 11.9. The third-order valence-corrected chi connectivity index (χ3v) is 3.01. The van der Waals surface area contributed by atoms with E-state index in [2.05, 4.69) is 6.92 Å². The summed E-state index contributed by atoms with van der Waals surface area (Å²) in [6.45, 7) is 6.81. The van der Waals surface area contributed by atoms with E-state index in [1.807, 2.05) is 13.8 Å². The molecule has 14 heavy (non-hydrogen) atoms. The summed E-state index contributed by atoms with van der Waals surface area (Å²) in [4.78, 5) is 11.9. The number of hydrogen-bond donors (Lipinski definition) is 0. The predicted molar refractivity (Wildman–Crippen MR) is 57.3 cm³/mol. The molecular formula is C12H22O2. The highest BCUT2D eigenvalue weighted by molar-refractivity contribution is 5.89. The molecule has 0 aromatic rings. The second-order valence-electron chi connectivity index (χ2n) is 4.57. The van der Waals surface area contributed by atoms with Gasteiger partial charge in [0, 0.05) is 12.5 Å². The molecule has 0 spiro atoms. The van der Waals surface area contributed by atoms with Gasteiger partial charge in [0.15, 0.2) is 5.78 Å². The van der Waals surface area contributed by atoms with Crippen molar-refractivity contribution in [3.63, 3.8) is 0 Å². The molecule has 0 aliphatic heterocycles. The van der Waals surface area contributed by atoms with Crippen molar-refractivity contribution in [1.29, 1.82) is 0 Å². The zero-order valence-electron chi connectivity index (χ0n) is 9.64. The summed E-state index contributed by atoms with van der Waals surface area (Å²) in [6, 6.07) is 0. The zero-order valence-corrected chi connectivity index (χ0v) is 9.64. The number of carbonyl (C=O) groups is 1. The smallest absolute Gasteiger partial charge is 0.167 e. The highest BCUT2D eigenvalue weighted by Gasteiger charge is 2.45. The van der Waals surface area contributed by atoms with Crippen molar-refractivity contribution in [1.82, 2.24) is 0 Å². The largest absolute Gasteiger partial charge is 0.367 e. The molecule has 0 aromatic heterocycles. The van der Waals surface area contributed by atoms with E-state index in [0.717, 1.165) is 38.7 Å². The monoisotopic (exact) mass is 198 g/mol. The third kappa shape index (κ3) is 2.35. The van der Waals surface area contributed by atoms with Gasteiger partial charge in [-0.25, -0.2) is 0 Å². The molecule has 1 saturated carbocycles. The van der Waals surface area contributed by atoms with Gasteiger partial charge in [-0.15, -0.1) is 0 Å². The lowest BCUT2D eigenvalue weighted by molar-refractivity contribution is -0.161. The summed E-state index contributed by atoms with van der Waals surface area (Å²) < 4.78 is 5.78. The first-order valence-electron chi connectivity index (χ1n) is 5.80. The highest BCUT2D eigenvalue weighted by atomic mass is 16.5. The quantitative estimate of drug-likeness (QED) is 0.613. The van der Waals surface area contributed by atoms with E-state index in [1.54, 1.807) is 0 Å². The van der Waals surface area contributed by atoms with Crippen LogP contribution in [0.25, 0.3) is 0 Å². The average molecular weight is 198 g/mol. The summed E-state index contributed by atoms with van der Waals surface area (Å²) in [6.07, 6.45) is 5.21. The van der Waals surface area contributed by atoms with E-state index >= 15 is 0 Å². The van der Waals surface area contributed by atoms with Gasteiger partial charge >= 0.3 is 0 Å². The van der Waals surface area contributed by atoms with Crippen LogP contribution in [0.4, 0.5) is 0 Å². The topological polar surface area (TPSA) is 26.3 Å². The second-order valence-corrected chi connectivity index (χ2v) is 4.57. The SMILES string of the molecule is CCCCOC1(C(=O)C(C)C)CCC1. The Hall–Kier alpha value is -0.370. The van der Waals surface area contributed by atoms with Gasteiger partial charge in [0.25, 0.3) is 0 Å². The maximum Gasteiger partial charge on any atom is 0.167 e. The molecule has 1 aliphatic rings. The van der Waals surface area contributed by atoms with Crippen molar-refractivity contribution in [2.45, 2.75) is 58.5 Å². The lowest BCUT2D eigenvalue weighted by Gasteiger charge is -2.41. The van der Waals surface area contributed by atoms with Gasteiger partial charge in [-0.1, -0.05) is 27.2 Å². The molecule has 0 unspecified atom stereocenters. The van der Waals surface area contributed by atoms with Gasteiger partial charge in [-0.05, 0) is 25.7 Å².